The summed E-state index contributed by atoms with van der Waals surface area (Å²) in [4.78, 5) is 11.7. The second-order valence-corrected chi connectivity index (χ2v) is 7.91. The van der Waals surface area contributed by atoms with E-state index >= 15 is 0 Å². The van der Waals surface area contributed by atoms with Crippen molar-refractivity contribution in [3.05, 3.63) is 53.6 Å². The maximum absolute atomic E-state index is 11.7. The molecule has 5 heteroatoms. The average molecular weight is 408 g/mol. The number of aryl methyl sites for hydroxylation is 1. The van der Waals surface area contributed by atoms with Crippen LogP contribution in [0.3, 0.4) is 0 Å². The lowest BCUT2D eigenvalue weighted by Crippen LogP contribution is -2.36. The lowest BCUT2D eigenvalue weighted by Gasteiger charge is -2.09. The zero-order chi connectivity index (χ0) is 21.3. The van der Waals surface area contributed by atoms with Gasteiger partial charge in [0.25, 0.3) is 0 Å². The van der Waals surface area contributed by atoms with Crippen LogP contribution in [0.4, 0.5) is 0 Å². The summed E-state index contributed by atoms with van der Waals surface area (Å²) in [6.07, 6.45) is 3.66. The molecule has 3 rings (SSSR count). The van der Waals surface area contributed by atoms with Crippen LogP contribution in [0.1, 0.15) is 43.7 Å². The Labute approximate surface area is 179 Å². The van der Waals surface area contributed by atoms with E-state index < -0.39 is 0 Å². The Morgan fingerprint density at radius 3 is 1.97 bits per heavy atom. The Balaban J connectivity index is 1.90. The van der Waals surface area contributed by atoms with Crippen LogP contribution < -0.4 is 20.5 Å². The van der Waals surface area contributed by atoms with Crippen molar-refractivity contribution < 1.29 is 9.36 Å². The molecule has 1 aromatic heterocycles. The third-order valence-electron chi connectivity index (χ3n) is 5.50. The first-order valence-electron chi connectivity index (χ1n) is 11.1. The quantitative estimate of drug-likeness (QED) is 0.259. The minimum Gasteiger partial charge on any atom is -0.356 e. The van der Waals surface area contributed by atoms with Gasteiger partial charge < -0.3 is 16.0 Å². The Morgan fingerprint density at radius 2 is 1.43 bits per heavy atom. The van der Waals surface area contributed by atoms with Gasteiger partial charge in [0.2, 0.25) is 16.9 Å². The number of hydrogen-bond acceptors (Lipinski definition) is 3. The minimum absolute atomic E-state index is 0.161. The lowest BCUT2D eigenvalue weighted by atomic mass is 10.0. The zero-order valence-corrected chi connectivity index (χ0v) is 18.6. The van der Waals surface area contributed by atoms with Gasteiger partial charge in [-0.1, -0.05) is 12.1 Å². The largest absolute Gasteiger partial charge is 0.356 e. The second kappa shape index (κ2) is 11.0. The molecule has 0 unspecified atom stereocenters. The van der Waals surface area contributed by atoms with E-state index in [4.69, 9.17) is 0 Å². The molecule has 0 saturated carbocycles. The van der Waals surface area contributed by atoms with Crippen molar-refractivity contribution in [2.75, 3.05) is 20.6 Å². The van der Waals surface area contributed by atoms with Crippen LogP contribution in [0.15, 0.2) is 42.5 Å². The summed E-state index contributed by atoms with van der Waals surface area (Å²) in [5, 5.41) is 11.9. The summed E-state index contributed by atoms with van der Waals surface area (Å²) < 4.78 is 2.47. The molecule has 1 heterocycles. The fourth-order valence-electron chi connectivity index (χ4n) is 4.07. The molecule has 3 aromatic rings. The number of nitrogens with zero attached hydrogens (tertiary/aromatic N) is 1. The summed E-state index contributed by atoms with van der Waals surface area (Å²) in [7, 11) is 3.97. The molecule has 160 valence electrons. The van der Waals surface area contributed by atoms with Crippen LogP contribution in [0.2, 0.25) is 0 Å². The Kier molecular flexibility index (Phi) is 8.17. The summed E-state index contributed by atoms with van der Waals surface area (Å²) in [5.41, 5.74) is 5.14. The molecule has 0 radical (unpaired) electrons. The SMILES string of the molecule is CCNC(=O)CCCCC[n+]1c2cc(CNC)ccc2cc2ccc(CNC)cc21. The number of unbranched alkanes of at least 4 members (excludes halogenated alkanes) is 2. The number of pyridine rings is 1. The van der Waals surface area contributed by atoms with Gasteiger partial charge in [0.1, 0.15) is 6.54 Å². The first-order valence-corrected chi connectivity index (χ1v) is 11.1. The number of aromatic nitrogens is 1. The van der Waals surface area contributed by atoms with Crippen LogP contribution in [-0.4, -0.2) is 26.5 Å². The molecule has 0 aliphatic heterocycles. The molecule has 0 saturated heterocycles. The molecule has 5 nitrogen and oxygen atoms in total. The van der Waals surface area contributed by atoms with Crippen LogP contribution in [-0.2, 0) is 24.4 Å². The Bertz CT molecular complexity index is 935. The maximum atomic E-state index is 11.7. The van der Waals surface area contributed by atoms with Gasteiger partial charge in [-0.2, -0.15) is 4.57 Å². The van der Waals surface area contributed by atoms with Crippen molar-refractivity contribution in [3.8, 4) is 0 Å². The molecule has 30 heavy (non-hydrogen) atoms. The average Bonchev–Trinajstić information content (AvgIpc) is 2.74. The van der Waals surface area contributed by atoms with E-state index in [1.165, 1.54) is 32.9 Å². The molecular weight excluding hydrogens is 372 g/mol. The van der Waals surface area contributed by atoms with Crippen LogP contribution in [0.5, 0.6) is 0 Å². The van der Waals surface area contributed by atoms with E-state index in [2.05, 4.69) is 63.0 Å². The second-order valence-electron chi connectivity index (χ2n) is 7.91. The van der Waals surface area contributed by atoms with Gasteiger partial charge in [0.15, 0.2) is 0 Å². The number of rotatable bonds is 11. The number of fused-ring (bicyclic) bond motifs is 2. The van der Waals surface area contributed by atoms with Gasteiger partial charge in [0.05, 0.1) is 0 Å². The van der Waals surface area contributed by atoms with Crippen LogP contribution in [0, 0.1) is 0 Å². The van der Waals surface area contributed by atoms with Gasteiger partial charge >= 0.3 is 0 Å². The van der Waals surface area contributed by atoms with E-state index in [1.807, 2.05) is 21.0 Å². The topological polar surface area (TPSA) is 57.0 Å². The number of hydrogen-bond donors (Lipinski definition) is 3. The molecule has 0 bridgehead atoms. The van der Waals surface area contributed by atoms with Crippen LogP contribution in [0.25, 0.3) is 21.8 Å². The lowest BCUT2D eigenvalue weighted by molar-refractivity contribution is -0.645. The van der Waals surface area contributed by atoms with E-state index in [1.54, 1.807) is 0 Å². The molecule has 0 spiro atoms. The van der Waals surface area contributed by atoms with Crippen LogP contribution >= 0.6 is 0 Å². The van der Waals surface area contributed by atoms with Gasteiger partial charge in [0, 0.05) is 55.4 Å². The molecular formula is C25H35N4O+. The highest BCUT2D eigenvalue weighted by molar-refractivity contribution is 5.89. The fraction of sp³-hybridized carbons (Fsp3) is 0.440. The van der Waals surface area contributed by atoms with Gasteiger partial charge in [-0.25, -0.2) is 0 Å². The number of carbonyl (C=O) groups excluding carboxylic acids is 1. The molecule has 1 amide bonds. The van der Waals surface area contributed by atoms with Crippen molar-refractivity contribution in [1.29, 1.82) is 0 Å². The van der Waals surface area contributed by atoms with Crippen molar-refractivity contribution >= 4 is 27.7 Å². The third-order valence-corrected chi connectivity index (χ3v) is 5.50. The summed E-state index contributed by atoms with van der Waals surface area (Å²) in [6.45, 7) is 5.35. The van der Waals surface area contributed by atoms with Gasteiger partial charge in [-0.3, -0.25) is 4.79 Å². The van der Waals surface area contributed by atoms with Gasteiger partial charge in [-0.15, -0.1) is 0 Å². The number of nitrogens with one attached hydrogen (secondary N) is 3. The standard InChI is InChI=1S/C25H34N4O/c1-4-28-25(30)8-6-5-7-13-29-23-14-19(17-26-2)9-11-21(23)16-22-12-10-20(18-27-3)15-24(22)29/h9-12,14-16,26-27H,4-8,13,17-18H2,1-3H3/p+1. The fourth-order valence-corrected chi connectivity index (χ4v) is 4.07. The highest BCUT2D eigenvalue weighted by atomic mass is 16.1. The maximum Gasteiger partial charge on any atom is 0.219 e. The first kappa shape index (κ1) is 22.2. The molecule has 2 aromatic carbocycles. The highest BCUT2D eigenvalue weighted by Crippen LogP contribution is 2.21. The summed E-state index contributed by atoms with van der Waals surface area (Å²) in [5.74, 6) is 0.161. The molecule has 3 N–H and O–H groups in total. The Morgan fingerprint density at radius 1 is 0.833 bits per heavy atom. The normalized spacial score (nSPS) is 11.3. The minimum atomic E-state index is 0.161. The third kappa shape index (κ3) is 5.55. The monoisotopic (exact) mass is 407 g/mol. The smallest absolute Gasteiger partial charge is 0.219 e. The molecule has 0 atom stereocenters. The number of amides is 1. The zero-order valence-electron chi connectivity index (χ0n) is 18.6. The molecule has 0 fully saturated rings. The van der Waals surface area contributed by atoms with Crippen molar-refractivity contribution in [1.82, 2.24) is 16.0 Å². The predicted octanol–water partition coefficient (Wildman–Crippen LogP) is 3.42. The van der Waals surface area contributed by atoms with E-state index in [-0.39, 0.29) is 5.91 Å². The number of carbonyl (C=O) groups is 1. The van der Waals surface area contributed by atoms with Crippen molar-refractivity contribution in [2.45, 2.75) is 52.2 Å². The van der Waals surface area contributed by atoms with E-state index in [9.17, 15) is 4.79 Å². The molecule has 0 aliphatic carbocycles. The van der Waals surface area contributed by atoms with Crippen molar-refractivity contribution in [2.24, 2.45) is 0 Å². The predicted molar refractivity (Wildman–Crippen MR) is 124 cm³/mol. The van der Waals surface area contributed by atoms with E-state index in [0.717, 1.165) is 38.9 Å². The number of benzene rings is 2. The van der Waals surface area contributed by atoms with E-state index in [0.29, 0.717) is 13.0 Å². The molecule has 0 aliphatic rings. The van der Waals surface area contributed by atoms with Gasteiger partial charge in [-0.05, 0) is 63.2 Å². The summed E-state index contributed by atoms with van der Waals surface area (Å²) in [6, 6.07) is 15.8. The first-order chi connectivity index (χ1) is 14.7. The van der Waals surface area contributed by atoms with Crippen molar-refractivity contribution in [3.63, 3.8) is 0 Å². The highest BCUT2D eigenvalue weighted by Gasteiger charge is 2.16. The Hall–Kier alpha value is -2.50. The summed E-state index contributed by atoms with van der Waals surface area (Å²) >= 11 is 0.